The fourth-order valence-corrected chi connectivity index (χ4v) is 2.94. The number of rotatable bonds is 5. The van der Waals surface area contributed by atoms with Crippen LogP contribution < -0.4 is 25.0 Å². The number of benzene rings is 2. The Labute approximate surface area is 162 Å². The molecule has 2 aromatic carbocycles. The Bertz CT molecular complexity index is 895. The van der Waals surface area contributed by atoms with E-state index >= 15 is 0 Å². The smallest absolute Gasteiger partial charge is 0.314 e. The van der Waals surface area contributed by atoms with E-state index in [2.05, 4.69) is 10.6 Å². The van der Waals surface area contributed by atoms with Crippen LogP contribution in [0.3, 0.4) is 0 Å². The van der Waals surface area contributed by atoms with Crippen LogP contribution in [-0.2, 0) is 14.4 Å². The molecule has 0 radical (unpaired) electrons. The summed E-state index contributed by atoms with van der Waals surface area (Å²) in [6, 6.07) is 11.6. The van der Waals surface area contributed by atoms with Crippen LogP contribution in [0.25, 0.3) is 0 Å². The van der Waals surface area contributed by atoms with Crippen LogP contribution in [0.2, 0.25) is 0 Å². The van der Waals surface area contributed by atoms with E-state index in [1.54, 1.807) is 47.4 Å². The van der Waals surface area contributed by atoms with Crippen molar-refractivity contribution in [1.82, 2.24) is 0 Å². The van der Waals surface area contributed by atoms with E-state index in [4.69, 9.17) is 9.47 Å². The Morgan fingerprint density at radius 1 is 0.893 bits per heavy atom. The lowest BCUT2D eigenvalue weighted by Gasteiger charge is -2.16. The zero-order valence-electron chi connectivity index (χ0n) is 15.7. The second-order valence-corrected chi connectivity index (χ2v) is 6.17. The number of carbonyl (C=O) groups excluding carboxylic acids is 3. The molecule has 3 rings (SSSR count). The van der Waals surface area contributed by atoms with Gasteiger partial charge in [-0.15, -0.1) is 0 Å². The molecule has 0 saturated carbocycles. The van der Waals surface area contributed by atoms with Gasteiger partial charge in [-0.05, 0) is 42.8 Å². The molecular weight excluding hydrogens is 362 g/mol. The first kappa shape index (κ1) is 19.2. The molecule has 0 atom stereocenters. The van der Waals surface area contributed by atoms with Gasteiger partial charge in [-0.2, -0.15) is 0 Å². The summed E-state index contributed by atoms with van der Waals surface area (Å²) < 4.78 is 10.3. The molecule has 3 amide bonds. The standard InChI is InChI=1S/C20H21N3O5/c1-27-16-10-7-14(12-17(16)28-2)22-20(26)19(25)21-13-5-8-15(9-6-13)23-11-3-4-18(23)24/h5-10,12H,3-4,11H2,1-2H3,(H,21,25)(H,22,26). The number of carbonyl (C=O) groups is 3. The molecule has 2 aromatic rings. The zero-order valence-corrected chi connectivity index (χ0v) is 15.7. The van der Waals surface area contributed by atoms with Gasteiger partial charge in [0.15, 0.2) is 11.5 Å². The predicted octanol–water partition coefficient (Wildman–Crippen LogP) is 2.41. The van der Waals surface area contributed by atoms with Gasteiger partial charge in [0.05, 0.1) is 14.2 Å². The van der Waals surface area contributed by atoms with Crippen molar-refractivity contribution in [3.63, 3.8) is 0 Å². The van der Waals surface area contributed by atoms with E-state index in [9.17, 15) is 14.4 Å². The lowest BCUT2D eigenvalue weighted by Crippen LogP contribution is -2.29. The summed E-state index contributed by atoms with van der Waals surface area (Å²) in [7, 11) is 2.99. The van der Waals surface area contributed by atoms with Crippen molar-refractivity contribution >= 4 is 34.8 Å². The van der Waals surface area contributed by atoms with E-state index in [1.165, 1.54) is 14.2 Å². The molecule has 1 heterocycles. The second kappa shape index (κ2) is 8.43. The van der Waals surface area contributed by atoms with Gasteiger partial charge >= 0.3 is 11.8 Å². The van der Waals surface area contributed by atoms with Crippen LogP contribution in [0, 0.1) is 0 Å². The first-order valence-corrected chi connectivity index (χ1v) is 8.76. The number of amides is 3. The average molecular weight is 383 g/mol. The van der Waals surface area contributed by atoms with E-state index < -0.39 is 11.8 Å². The predicted molar refractivity (Wildman–Crippen MR) is 105 cm³/mol. The Morgan fingerprint density at radius 2 is 1.50 bits per heavy atom. The second-order valence-electron chi connectivity index (χ2n) is 6.17. The van der Waals surface area contributed by atoms with Crippen LogP contribution in [0.5, 0.6) is 11.5 Å². The maximum atomic E-state index is 12.1. The summed E-state index contributed by atoms with van der Waals surface area (Å²) in [5.41, 5.74) is 1.64. The minimum Gasteiger partial charge on any atom is -0.493 e. The van der Waals surface area contributed by atoms with E-state index in [-0.39, 0.29) is 5.91 Å². The minimum absolute atomic E-state index is 0.0890. The molecule has 1 aliphatic heterocycles. The van der Waals surface area contributed by atoms with Gasteiger partial charge in [0.1, 0.15) is 0 Å². The Kier molecular flexibility index (Phi) is 5.78. The van der Waals surface area contributed by atoms with Crippen LogP contribution in [-0.4, -0.2) is 38.5 Å². The lowest BCUT2D eigenvalue weighted by atomic mass is 10.2. The normalized spacial score (nSPS) is 13.2. The summed E-state index contributed by atoms with van der Waals surface area (Å²) in [6.45, 7) is 0.693. The van der Waals surface area contributed by atoms with Crippen molar-refractivity contribution < 1.29 is 23.9 Å². The lowest BCUT2D eigenvalue weighted by molar-refractivity contribution is -0.132. The molecule has 8 heteroatoms. The molecule has 0 aromatic heterocycles. The number of nitrogens with zero attached hydrogens (tertiary/aromatic N) is 1. The van der Waals surface area contributed by atoms with Gasteiger partial charge in [-0.3, -0.25) is 14.4 Å². The molecule has 1 fully saturated rings. The zero-order chi connectivity index (χ0) is 20.1. The van der Waals surface area contributed by atoms with Crippen molar-refractivity contribution in [2.75, 3.05) is 36.3 Å². The van der Waals surface area contributed by atoms with Gasteiger partial charge in [0.25, 0.3) is 0 Å². The highest BCUT2D eigenvalue weighted by atomic mass is 16.5. The van der Waals surface area contributed by atoms with E-state index in [0.29, 0.717) is 35.8 Å². The highest BCUT2D eigenvalue weighted by molar-refractivity contribution is 6.43. The first-order chi connectivity index (χ1) is 13.5. The largest absolute Gasteiger partial charge is 0.493 e. The van der Waals surface area contributed by atoms with Crippen molar-refractivity contribution in [2.24, 2.45) is 0 Å². The first-order valence-electron chi connectivity index (χ1n) is 8.76. The maximum Gasteiger partial charge on any atom is 0.314 e. The fourth-order valence-electron chi connectivity index (χ4n) is 2.94. The number of nitrogens with one attached hydrogen (secondary N) is 2. The van der Waals surface area contributed by atoms with E-state index in [0.717, 1.165) is 12.1 Å². The SMILES string of the molecule is COc1ccc(NC(=O)C(=O)Nc2ccc(N3CCCC3=O)cc2)cc1OC. The highest BCUT2D eigenvalue weighted by Crippen LogP contribution is 2.29. The van der Waals surface area contributed by atoms with Crippen molar-refractivity contribution in [3.8, 4) is 11.5 Å². The van der Waals surface area contributed by atoms with Crippen LogP contribution in [0.15, 0.2) is 42.5 Å². The third-order valence-corrected chi connectivity index (χ3v) is 4.36. The molecule has 0 aliphatic carbocycles. The van der Waals surface area contributed by atoms with Crippen LogP contribution in [0.4, 0.5) is 17.1 Å². The molecule has 8 nitrogen and oxygen atoms in total. The molecule has 1 saturated heterocycles. The number of hydrogen-bond acceptors (Lipinski definition) is 5. The minimum atomic E-state index is -0.814. The molecule has 0 unspecified atom stereocenters. The molecule has 146 valence electrons. The third kappa shape index (κ3) is 4.22. The highest BCUT2D eigenvalue weighted by Gasteiger charge is 2.21. The average Bonchev–Trinajstić information content (AvgIpc) is 3.14. The van der Waals surface area contributed by atoms with Gasteiger partial charge in [0, 0.05) is 36.1 Å². The maximum absolute atomic E-state index is 12.1. The summed E-state index contributed by atoms with van der Waals surface area (Å²) in [5.74, 6) is -0.578. The molecule has 1 aliphatic rings. The van der Waals surface area contributed by atoms with Crippen molar-refractivity contribution in [1.29, 1.82) is 0 Å². The molecular formula is C20H21N3O5. The number of anilines is 3. The Balaban J connectivity index is 1.61. The number of ether oxygens (including phenoxy) is 2. The molecule has 28 heavy (non-hydrogen) atoms. The Hall–Kier alpha value is -3.55. The summed E-state index contributed by atoms with van der Waals surface area (Å²) >= 11 is 0. The van der Waals surface area contributed by atoms with Crippen LogP contribution >= 0.6 is 0 Å². The summed E-state index contributed by atoms with van der Waals surface area (Å²) in [4.78, 5) is 37.8. The Morgan fingerprint density at radius 3 is 2.07 bits per heavy atom. The quantitative estimate of drug-likeness (QED) is 0.773. The molecule has 2 N–H and O–H groups in total. The topological polar surface area (TPSA) is 97.0 Å². The number of hydrogen-bond donors (Lipinski definition) is 2. The van der Waals surface area contributed by atoms with Crippen molar-refractivity contribution in [2.45, 2.75) is 12.8 Å². The van der Waals surface area contributed by atoms with Gasteiger partial charge < -0.3 is 25.0 Å². The van der Waals surface area contributed by atoms with Crippen molar-refractivity contribution in [3.05, 3.63) is 42.5 Å². The molecule has 0 spiro atoms. The number of methoxy groups -OCH3 is 2. The van der Waals surface area contributed by atoms with E-state index in [1.807, 2.05) is 0 Å². The summed E-state index contributed by atoms with van der Waals surface area (Å²) in [5, 5.41) is 5.04. The monoisotopic (exact) mass is 383 g/mol. The molecule has 0 bridgehead atoms. The van der Waals surface area contributed by atoms with Gasteiger partial charge in [0.2, 0.25) is 5.91 Å². The third-order valence-electron chi connectivity index (χ3n) is 4.36. The summed E-state index contributed by atoms with van der Waals surface area (Å²) in [6.07, 6.45) is 1.39. The van der Waals surface area contributed by atoms with Crippen LogP contribution in [0.1, 0.15) is 12.8 Å². The van der Waals surface area contributed by atoms with Gasteiger partial charge in [-0.1, -0.05) is 0 Å². The van der Waals surface area contributed by atoms with Gasteiger partial charge in [-0.25, -0.2) is 0 Å². The fraction of sp³-hybridized carbons (Fsp3) is 0.250.